The van der Waals surface area contributed by atoms with Gasteiger partial charge in [-0.1, -0.05) is 0 Å². The smallest absolute Gasteiger partial charge is 0.408 e. The summed E-state index contributed by atoms with van der Waals surface area (Å²) in [6.45, 7) is 0.381. The highest BCUT2D eigenvalue weighted by Gasteiger charge is 2.47. The van der Waals surface area contributed by atoms with E-state index in [9.17, 15) is 14.4 Å². The van der Waals surface area contributed by atoms with Crippen molar-refractivity contribution in [1.82, 2.24) is 9.80 Å². The number of amides is 2. The fraction of sp³-hybridized carbons (Fsp3) is 0.786. The minimum Gasteiger partial charge on any atom is -0.465 e. The maximum atomic E-state index is 12.8. The number of Topliss-reactive ketones (excluding diaryl/α,β-unsaturated/α-hetero) is 1. The number of ketones is 1. The van der Waals surface area contributed by atoms with Gasteiger partial charge in [0.25, 0.3) is 0 Å². The molecule has 0 spiro atoms. The predicted molar refractivity (Wildman–Crippen MR) is 73.3 cm³/mol. The van der Waals surface area contributed by atoms with E-state index in [2.05, 4.69) is 0 Å². The average Bonchev–Trinajstić information content (AvgIpc) is 2.70. The Kier molecular flexibility index (Phi) is 3.61. The van der Waals surface area contributed by atoms with E-state index in [0.717, 1.165) is 17.7 Å². The van der Waals surface area contributed by atoms with E-state index < -0.39 is 18.2 Å². The Morgan fingerprint density at radius 1 is 1.14 bits per heavy atom. The second-order valence-corrected chi connectivity index (χ2v) is 6.29. The zero-order valence-electron chi connectivity index (χ0n) is 11.9. The number of carboxylic acid groups (broad SMARTS) is 1. The molecule has 3 N–H and O–H groups in total. The van der Waals surface area contributed by atoms with Crippen molar-refractivity contribution < 1.29 is 19.5 Å². The number of nitrogens with two attached hydrogens (primary N) is 1. The molecule has 3 heterocycles. The van der Waals surface area contributed by atoms with Gasteiger partial charge >= 0.3 is 6.09 Å². The summed E-state index contributed by atoms with van der Waals surface area (Å²) in [7, 11) is 0. The number of hydrogen-bond donors (Lipinski definition) is 2. The number of carbonyl (C=O) groups is 3. The van der Waals surface area contributed by atoms with Crippen LogP contribution in [0, 0.1) is 5.92 Å². The van der Waals surface area contributed by atoms with Crippen LogP contribution in [0.3, 0.4) is 0 Å². The highest BCUT2D eigenvalue weighted by atomic mass is 16.4. The molecule has 3 fully saturated rings. The maximum Gasteiger partial charge on any atom is 0.408 e. The normalized spacial score (nSPS) is 36.0. The van der Waals surface area contributed by atoms with Gasteiger partial charge in [0.1, 0.15) is 5.78 Å². The van der Waals surface area contributed by atoms with Crippen molar-refractivity contribution >= 4 is 17.8 Å². The number of hydrogen-bond acceptors (Lipinski definition) is 4. The third kappa shape index (κ3) is 2.39. The van der Waals surface area contributed by atoms with Crippen LogP contribution >= 0.6 is 0 Å². The van der Waals surface area contributed by atoms with E-state index in [-0.39, 0.29) is 23.8 Å². The van der Waals surface area contributed by atoms with Crippen molar-refractivity contribution in [3.05, 3.63) is 0 Å². The van der Waals surface area contributed by atoms with Gasteiger partial charge in [0.2, 0.25) is 5.91 Å². The molecule has 3 aliphatic rings. The van der Waals surface area contributed by atoms with Gasteiger partial charge in [-0.15, -0.1) is 0 Å². The van der Waals surface area contributed by atoms with E-state index in [0.29, 0.717) is 32.2 Å². The van der Waals surface area contributed by atoms with Crippen LogP contribution < -0.4 is 5.73 Å². The number of piperidine rings is 2. The standard InChI is InChI=1S/C14H21N3O4/c15-12-11(2-1-5-16(12)14(20)21)13(19)17-8-3-4-9(17)7-10(18)6-8/h8-9,11-12H,1-7,15H2,(H,20,21). The van der Waals surface area contributed by atoms with Crippen LogP contribution in [0.4, 0.5) is 4.79 Å². The lowest BCUT2D eigenvalue weighted by atomic mass is 9.91. The summed E-state index contributed by atoms with van der Waals surface area (Å²) in [4.78, 5) is 38.6. The molecule has 2 amide bonds. The lowest BCUT2D eigenvalue weighted by Crippen LogP contribution is -2.59. The Morgan fingerprint density at radius 3 is 2.33 bits per heavy atom. The molecule has 21 heavy (non-hydrogen) atoms. The van der Waals surface area contributed by atoms with Crippen LogP contribution in [-0.2, 0) is 9.59 Å². The second-order valence-electron chi connectivity index (χ2n) is 6.29. The van der Waals surface area contributed by atoms with Crippen molar-refractivity contribution in [2.24, 2.45) is 11.7 Å². The molecule has 0 saturated carbocycles. The van der Waals surface area contributed by atoms with Crippen LogP contribution in [0.2, 0.25) is 0 Å². The maximum absolute atomic E-state index is 12.8. The number of fused-ring (bicyclic) bond motifs is 2. The first-order valence-corrected chi connectivity index (χ1v) is 7.58. The Morgan fingerprint density at radius 2 is 1.76 bits per heavy atom. The summed E-state index contributed by atoms with van der Waals surface area (Å²) < 4.78 is 0. The first-order chi connectivity index (χ1) is 9.99. The molecular weight excluding hydrogens is 274 g/mol. The largest absolute Gasteiger partial charge is 0.465 e. The highest BCUT2D eigenvalue weighted by Crippen LogP contribution is 2.36. The van der Waals surface area contributed by atoms with Crippen LogP contribution in [0.15, 0.2) is 0 Å². The monoisotopic (exact) mass is 295 g/mol. The topological polar surface area (TPSA) is 104 Å². The third-order valence-corrected chi connectivity index (χ3v) is 5.05. The minimum atomic E-state index is -1.07. The molecule has 7 nitrogen and oxygen atoms in total. The molecule has 3 aliphatic heterocycles. The van der Waals surface area contributed by atoms with Crippen LogP contribution in [-0.4, -0.2) is 57.5 Å². The zero-order valence-corrected chi connectivity index (χ0v) is 11.9. The van der Waals surface area contributed by atoms with Crippen molar-refractivity contribution in [1.29, 1.82) is 0 Å². The van der Waals surface area contributed by atoms with Crippen LogP contribution in [0.5, 0.6) is 0 Å². The molecule has 3 rings (SSSR count). The molecule has 0 radical (unpaired) electrons. The van der Waals surface area contributed by atoms with Crippen molar-refractivity contribution in [3.63, 3.8) is 0 Å². The number of nitrogens with zero attached hydrogens (tertiary/aromatic N) is 2. The number of carbonyl (C=O) groups excluding carboxylic acids is 2. The van der Waals surface area contributed by atoms with Gasteiger partial charge in [0.15, 0.2) is 0 Å². The highest BCUT2D eigenvalue weighted by molar-refractivity contribution is 5.87. The molecule has 2 bridgehead atoms. The van der Waals surface area contributed by atoms with Gasteiger partial charge in [-0.3, -0.25) is 14.5 Å². The summed E-state index contributed by atoms with van der Waals surface area (Å²) in [5, 5.41) is 9.15. The summed E-state index contributed by atoms with van der Waals surface area (Å²) in [6.07, 6.45) is 2.03. The minimum absolute atomic E-state index is 0.00356. The van der Waals surface area contributed by atoms with Gasteiger partial charge in [-0.05, 0) is 25.7 Å². The Hall–Kier alpha value is -1.63. The van der Waals surface area contributed by atoms with Gasteiger partial charge in [0, 0.05) is 31.5 Å². The first-order valence-electron chi connectivity index (χ1n) is 7.58. The average molecular weight is 295 g/mol. The molecule has 0 aliphatic carbocycles. The van der Waals surface area contributed by atoms with Gasteiger partial charge in [-0.2, -0.15) is 0 Å². The molecule has 4 atom stereocenters. The van der Waals surface area contributed by atoms with Crippen molar-refractivity contribution in [3.8, 4) is 0 Å². The molecule has 0 aromatic rings. The van der Waals surface area contributed by atoms with Crippen LogP contribution in [0.25, 0.3) is 0 Å². The van der Waals surface area contributed by atoms with E-state index in [1.54, 1.807) is 0 Å². The van der Waals surface area contributed by atoms with Crippen LogP contribution in [0.1, 0.15) is 38.5 Å². The molecule has 116 valence electrons. The fourth-order valence-corrected chi connectivity index (χ4v) is 4.03. The van der Waals surface area contributed by atoms with Crippen molar-refractivity contribution in [2.45, 2.75) is 56.8 Å². The van der Waals surface area contributed by atoms with Gasteiger partial charge < -0.3 is 15.7 Å². The van der Waals surface area contributed by atoms with E-state index >= 15 is 0 Å². The molecule has 0 aromatic heterocycles. The third-order valence-electron chi connectivity index (χ3n) is 5.05. The SMILES string of the molecule is NC1C(C(=O)N2C3CCC2CC(=O)C3)CCCN1C(=O)O. The van der Waals surface area contributed by atoms with E-state index in [4.69, 9.17) is 10.8 Å². The predicted octanol–water partition coefficient (Wildman–Crippen LogP) is 0.384. The van der Waals surface area contributed by atoms with Gasteiger partial charge in [-0.25, -0.2) is 4.79 Å². The Bertz CT molecular complexity index is 465. The van der Waals surface area contributed by atoms with E-state index in [1.165, 1.54) is 0 Å². The summed E-state index contributed by atoms with van der Waals surface area (Å²) in [5.41, 5.74) is 6.00. The molecule has 4 unspecified atom stereocenters. The Balaban J connectivity index is 1.76. The lowest BCUT2D eigenvalue weighted by molar-refractivity contribution is -0.145. The number of rotatable bonds is 1. The molecule has 7 heteroatoms. The second kappa shape index (κ2) is 5.29. The summed E-state index contributed by atoms with van der Waals surface area (Å²) >= 11 is 0. The fourth-order valence-electron chi connectivity index (χ4n) is 4.03. The lowest BCUT2D eigenvalue weighted by Gasteiger charge is -2.42. The van der Waals surface area contributed by atoms with Gasteiger partial charge in [0.05, 0.1) is 12.1 Å². The number of likely N-dealkylation sites (tertiary alicyclic amines) is 1. The van der Waals surface area contributed by atoms with Crippen molar-refractivity contribution in [2.75, 3.05) is 6.54 Å². The quantitative estimate of drug-likeness (QED) is 0.728. The summed E-state index contributed by atoms with van der Waals surface area (Å²) in [6, 6.07) is -0.00712. The summed E-state index contributed by atoms with van der Waals surface area (Å²) in [5.74, 6) is -0.314. The van der Waals surface area contributed by atoms with E-state index in [1.807, 2.05) is 4.90 Å². The molecular formula is C14H21N3O4. The molecule has 3 saturated heterocycles. The first kappa shape index (κ1) is 14.3. The Labute approximate surface area is 123 Å². The molecule has 0 aromatic carbocycles. The zero-order chi connectivity index (χ0) is 15.1.